The van der Waals surface area contributed by atoms with E-state index in [0.717, 1.165) is 0 Å². The molecule has 0 radical (unpaired) electrons. The van der Waals surface area contributed by atoms with Crippen molar-refractivity contribution in [3.8, 4) is 11.8 Å². The second kappa shape index (κ2) is 6.13. The number of thioether (sulfide) groups is 1. The minimum Gasteiger partial charge on any atom is -0.395 e. The van der Waals surface area contributed by atoms with Gasteiger partial charge in [0, 0.05) is 30.9 Å². The minimum atomic E-state index is -0.683. The van der Waals surface area contributed by atoms with Gasteiger partial charge >= 0.3 is 0 Å². The van der Waals surface area contributed by atoms with E-state index in [9.17, 15) is 9.18 Å². The number of carbonyl (C=O) groups is 1. The highest BCUT2D eigenvalue weighted by atomic mass is 32.2. The van der Waals surface area contributed by atoms with Crippen LogP contribution in [0.5, 0.6) is 0 Å². The maximum atomic E-state index is 12.7. The summed E-state index contributed by atoms with van der Waals surface area (Å²) in [5.74, 6) is 5.64. The van der Waals surface area contributed by atoms with Gasteiger partial charge in [0.25, 0.3) is 0 Å². The second-order valence-electron chi connectivity index (χ2n) is 3.00. The number of rotatable bonds is 2. The molecule has 0 aromatic carbocycles. The summed E-state index contributed by atoms with van der Waals surface area (Å²) >= 11 is 1.23. The van der Waals surface area contributed by atoms with Crippen molar-refractivity contribution < 1.29 is 9.18 Å². The number of pyridine rings is 1. The summed E-state index contributed by atoms with van der Waals surface area (Å²) in [6.07, 6.45) is 1.93. The normalized spacial score (nSPS) is 9.38. The van der Waals surface area contributed by atoms with Crippen LogP contribution >= 0.6 is 11.8 Å². The Morgan fingerprint density at radius 3 is 3.06 bits per heavy atom. The van der Waals surface area contributed by atoms with Crippen LogP contribution in [-0.2, 0) is 4.79 Å². The summed E-state index contributed by atoms with van der Waals surface area (Å²) in [5.41, 5.74) is 5.90. The Kier molecular flexibility index (Phi) is 4.80. The standard InChI is InChI=1S/C11H11FN2OS/c1-8(15)16-5-3-2-4-9-6-10(13)11(12)14-7-9/h6-7H,3,5,13H2,1H3. The summed E-state index contributed by atoms with van der Waals surface area (Å²) in [4.78, 5) is 14.1. The van der Waals surface area contributed by atoms with Crippen molar-refractivity contribution in [2.24, 2.45) is 0 Å². The van der Waals surface area contributed by atoms with Crippen molar-refractivity contribution in [2.75, 3.05) is 11.5 Å². The van der Waals surface area contributed by atoms with Gasteiger partial charge in [-0.25, -0.2) is 4.98 Å². The average molecular weight is 238 g/mol. The van der Waals surface area contributed by atoms with Gasteiger partial charge in [0.15, 0.2) is 5.12 Å². The lowest BCUT2D eigenvalue weighted by molar-refractivity contribution is -0.109. The fourth-order valence-corrected chi connectivity index (χ4v) is 1.44. The molecule has 1 aromatic heterocycles. The molecule has 0 aliphatic heterocycles. The van der Waals surface area contributed by atoms with Crippen LogP contribution in [0.15, 0.2) is 12.3 Å². The molecular formula is C11H11FN2OS. The summed E-state index contributed by atoms with van der Waals surface area (Å²) < 4.78 is 12.7. The molecule has 1 aromatic rings. The molecule has 0 spiro atoms. The van der Waals surface area contributed by atoms with Gasteiger partial charge in [-0.3, -0.25) is 4.79 Å². The molecule has 1 heterocycles. The molecule has 1 rings (SSSR count). The van der Waals surface area contributed by atoms with Crippen molar-refractivity contribution in [1.29, 1.82) is 0 Å². The van der Waals surface area contributed by atoms with E-state index in [1.54, 1.807) is 0 Å². The van der Waals surface area contributed by atoms with Crippen LogP contribution in [0, 0.1) is 17.8 Å². The Balaban J connectivity index is 2.50. The van der Waals surface area contributed by atoms with Gasteiger partial charge in [0.1, 0.15) is 0 Å². The predicted octanol–water partition coefficient (Wildman–Crippen LogP) is 1.82. The molecule has 0 bridgehead atoms. The first-order valence-corrected chi connectivity index (χ1v) is 5.61. The van der Waals surface area contributed by atoms with E-state index in [0.29, 0.717) is 17.7 Å². The Labute approximate surface area is 97.6 Å². The van der Waals surface area contributed by atoms with Crippen molar-refractivity contribution in [1.82, 2.24) is 4.98 Å². The number of nitrogens with two attached hydrogens (primary N) is 1. The average Bonchev–Trinajstić information content (AvgIpc) is 2.22. The van der Waals surface area contributed by atoms with Crippen LogP contribution in [0.1, 0.15) is 18.9 Å². The molecule has 0 aliphatic rings. The molecule has 5 heteroatoms. The fraction of sp³-hybridized carbons (Fsp3) is 0.273. The summed E-state index contributed by atoms with van der Waals surface area (Å²) in [5, 5.41) is 0.0782. The Morgan fingerprint density at radius 2 is 2.44 bits per heavy atom. The van der Waals surface area contributed by atoms with Crippen LogP contribution in [0.2, 0.25) is 0 Å². The molecule has 0 aliphatic carbocycles. The lowest BCUT2D eigenvalue weighted by Crippen LogP contribution is -1.94. The van der Waals surface area contributed by atoms with E-state index in [4.69, 9.17) is 5.73 Å². The Morgan fingerprint density at radius 1 is 1.69 bits per heavy atom. The quantitative estimate of drug-likeness (QED) is 0.485. The fourth-order valence-electron chi connectivity index (χ4n) is 0.944. The van der Waals surface area contributed by atoms with E-state index >= 15 is 0 Å². The van der Waals surface area contributed by atoms with Crippen LogP contribution in [0.4, 0.5) is 10.1 Å². The molecule has 0 unspecified atom stereocenters. The zero-order chi connectivity index (χ0) is 12.0. The molecule has 0 amide bonds. The molecule has 2 N–H and O–H groups in total. The van der Waals surface area contributed by atoms with Gasteiger partial charge in [-0.05, 0) is 6.07 Å². The highest BCUT2D eigenvalue weighted by Gasteiger charge is 1.98. The summed E-state index contributed by atoms with van der Waals surface area (Å²) in [7, 11) is 0. The molecule has 0 fully saturated rings. The van der Waals surface area contributed by atoms with Crippen molar-refractivity contribution >= 4 is 22.6 Å². The molecule has 0 saturated carbocycles. The lowest BCUT2D eigenvalue weighted by Gasteiger charge is -1.94. The number of hydrogen-bond acceptors (Lipinski definition) is 4. The van der Waals surface area contributed by atoms with Gasteiger partial charge in [-0.1, -0.05) is 23.6 Å². The van der Waals surface area contributed by atoms with Crippen molar-refractivity contribution in [2.45, 2.75) is 13.3 Å². The number of nitrogen functional groups attached to an aromatic ring is 1. The van der Waals surface area contributed by atoms with Gasteiger partial charge in [-0.15, -0.1) is 0 Å². The first kappa shape index (κ1) is 12.5. The molecule has 16 heavy (non-hydrogen) atoms. The third-order valence-corrected chi connectivity index (χ3v) is 2.45. The zero-order valence-corrected chi connectivity index (χ0v) is 9.60. The SMILES string of the molecule is CC(=O)SCCC#Cc1cnc(F)c(N)c1. The van der Waals surface area contributed by atoms with Gasteiger partial charge in [-0.2, -0.15) is 4.39 Å². The topological polar surface area (TPSA) is 56.0 Å². The largest absolute Gasteiger partial charge is 0.395 e. The molecule has 84 valence electrons. The third kappa shape index (κ3) is 4.32. The Hall–Kier alpha value is -1.54. The van der Waals surface area contributed by atoms with Crippen molar-refractivity contribution in [3.63, 3.8) is 0 Å². The number of aromatic nitrogens is 1. The maximum Gasteiger partial charge on any atom is 0.236 e. The van der Waals surface area contributed by atoms with Crippen molar-refractivity contribution in [3.05, 3.63) is 23.8 Å². The lowest BCUT2D eigenvalue weighted by atomic mass is 10.2. The number of nitrogens with zero attached hydrogens (tertiary/aromatic N) is 1. The highest BCUT2D eigenvalue weighted by molar-refractivity contribution is 8.13. The maximum absolute atomic E-state index is 12.7. The third-order valence-electron chi connectivity index (χ3n) is 1.63. The van der Waals surface area contributed by atoms with Gasteiger partial charge in [0.05, 0.1) is 5.69 Å². The zero-order valence-electron chi connectivity index (χ0n) is 8.79. The monoisotopic (exact) mass is 238 g/mol. The molecule has 0 saturated heterocycles. The van der Waals surface area contributed by atoms with E-state index in [2.05, 4.69) is 16.8 Å². The van der Waals surface area contributed by atoms with Crippen LogP contribution < -0.4 is 5.73 Å². The van der Waals surface area contributed by atoms with E-state index in [1.807, 2.05) is 0 Å². The molecule has 0 atom stereocenters. The summed E-state index contributed by atoms with van der Waals surface area (Å²) in [6, 6.07) is 1.44. The molecule has 3 nitrogen and oxygen atoms in total. The highest BCUT2D eigenvalue weighted by Crippen LogP contribution is 2.08. The first-order valence-electron chi connectivity index (χ1n) is 4.63. The van der Waals surface area contributed by atoms with Gasteiger partial charge < -0.3 is 5.73 Å². The number of anilines is 1. The smallest absolute Gasteiger partial charge is 0.236 e. The molecular weight excluding hydrogens is 227 g/mol. The van der Waals surface area contributed by atoms with E-state index in [-0.39, 0.29) is 10.8 Å². The number of hydrogen-bond donors (Lipinski definition) is 1. The van der Waals surface area contributed by atoms with Crippen LogP contribution in [0.3, 0.4) is 0 Å². The van der Waals surface area contributed by atoms with Gasteiger partial charge in [0.2, 0.25) is 5.95 Å². The Bertz CT molecular complexity index is 451. The second-order valence-corrected chi connectivity index (χ2v) is 4.27. The summed E-state index contributed by atoms with van der Waals surface area (Å²) in [6.45, 7) is 1.52. The predicted molar refractivity (Wildman–Crippen MR) is 63.2 cm³/mol. The number of carbonyl (C=O) groups excluding carboxylic acids is 1. The number of halogens is 1. The van der Waals surface area contributed by atoms with E-state index in [1.165, 1.54) is 30.9 Å². The van der Waals surface area contributed by atoms with E-state index < -0.39 is 5.95 Å². The first-order chi connectivity index (χ1) is 7.59. The van der Waals surface area contributed by atoms with Crippen LogP contribution in [-0.4, -0.2) is 15.9 Å². The van der Waals surface area contributed by atoms with Crippen LogP contribution in [0.25, 0.3) is 0 Å². The minimum absolute atomic E-state index is 0.00934.